The Morgan fingerprint density at radius 3 is 2.54 bits per heavy atom. The minimum atomic E-state index is -0.0718. The Balaban J connectivity index is 2.20. The first-order valence-electron chi connectivity index (χ1n) is 9.68. The second-order valence-electron chi connectivity index (χ2n) is 7.47. The number of nitrogens with zero attached hydrogens (tertiary/aromatic N) is 1. The number of amides is 1. The molecule has 1 aromatic rings. The lowest BCUT2D eigenvalue weighted by Gasteiger charge is -2.31. The zero-order valence-corrected chi connectivity index (χ0v) is 17.0. The molecule has 1 amide bonds. The van der Waals surface area contributed by atoms with Gasteiger partial charge in [-0.2, -0.15) is 0 Å². The molecule has 144 valence electrons. The molecule has 0 N–H and O–H groups in total. The van der Waals surface area contributed by atoms with E-state index in [0.717, 1.165) is 61.9 Å². The van der Waals surface area contributed by atoms with Crippen molar-refractivity contribution < 1.29 is 13.8 Å². The number of benzene rings is 1. The molecule has 0 saturated heterocycles. The van der Waals surface area contributed by atoms with Gasteiger partial charge in [-0.3, -0.25) is 9.59 Å². The predicted octanol–water partition coefficient (Wildman–Crippen LogP) is 5.36. The molecule has 0 radical (unpaired) electrons. The van der Waals surface area contributed by atoms with Crippen LogP contribution >= 0.6 is 12.0 Å². The third kappa shape index (κ3) is 6.44. The van der Waals surface area contributed by atoms with Crippen LogP contribution in [0.2, 0.25) is 0 Å². The SMILES string of the molecule is CC(=O)SOCc1ccccc1N(CCC(C)C)C(=O)C1CCCCC1. The summed E-state index contributed by atoms with van der Waals surface area (Å²) in [5.41, 5.74) is 1.88. The van der Waals surface area contributed by atoms with Crippen LogP contribution in [-0.2, 0) is 20.4 Å². The summed E-state index contributed by atoms with van der Waals surface area (Å²) in [6, 6.07) is 7.89. The van der Waals surface area contributed by atoms with E-state index in [-0.39, 0.29) is 16.9 Å². The summed E-state index contributed by atoms with van der Waals surface area (Å²) in [5.74, 6) is 0.918. The summed E-state index contributed by atoms with van der Waals surface area (Å²) in [6.45, 7) is 6.89. The van der Waals surface area contributed by atoms with E-state index in [1.54, 1.807) is 0 Å². The second kappa shape index (κ2) is 10.7. The number of carbonyl (C=O) groups is 2. The molecule has 0 atom stereocenters. The number of anilines is 1. The maximum Gasteiger partial charge on any atom is 0.230 e. The number of hydrogen-bond donors (Lipinski definition) is 0. The Morgan fingerprint density at radius 2 is 1.88 bits per heavy atom. The highest BCUT2D eigenvalue weighted by atomic mass is 32.2. The zero-order chi connectivity index (χ0) is 18.9. The molecular formula is C21H31NO3S. The summed E-state index contributed by atoms with van der Waals surface area (Å²) >= 11 is 0.859. The van der Waals surface area contributed by atoms with E-state index in [4.69, 9.17) is 4.18 Å². The summed E-state index contributed by atoms with van der Waals surface area (Å²) < 4.78 is 5.45. The molecular weight excluding hydrogens is 346 g/mol. The van der Waals surface area contributed by atoms with Gasteiger partial charge >= 0.3 is 0 Å². The molecule has 0 unspecified atom stereocenters. The summed E-state index contributed by atoms with van der Waals surface area (Å²) in [5, 5.41) is -0.0718. The fourth-order valence-corrected chi connectivity index (χ4v) is 3.73. The Kier molecular flexibility index (Phi) is 8.66. The lowest BCUT2D eigenvalue weighted by molar-refractivity contribution is -0.123. The standard InChI is InChI=1S/C21H31NO3S/c1-16(2)13-14-22(21(24)18-9-5-4-6-10-18)20-12-8-7-11-19(20)15-25-26-17(3)23/h7-8,11-12,16,18H,4-6,9-10,13-15H2,1-3H3. The Labute approximate surface area is 161 Å². The number of carbonyl (C=O) groups excluding carboxylic acids is 2. The Bertz CT molecular complexity index is 597. The van der Waals surface area contributed by atoms with E-state index in [9.17, 15) is 9.59 Å². The first-order valence-corrected chi connectivity index (χ1v) is 10.4. The fourth-order valence-electron chi connectivity index (χ4n) is 3.38. The molecule has 0 heterocycles. The van der Waals surface area contributed by atoms with Gasteiger partial charge in [-0.25, -0.2) is 0 Å². The van der Waals surface area contributed by atoms with E-state index in [1.807, 2.05) is 29.2 Å². The summed E-state index contributed by atoms with van der Waals surface area (Å²) in [7, 11) is 0. The molecule has 1 aromatic carbocycles. The van der Waals surface area contributed by atoms with Gasteiger partial charge in [0.1, 0.15) is 0 Å². The molecule has 2 rings (SSSR count). The molecule has 26 heavy (non-hydrogen) atoms. The third-order valence-electron chi connectivity index (χ3n) is 4.82. The van der Waals surface area contributed by atoms with Crippen LogP contribution in [0.25, 0.3) is 0 Å². The fraction of sp³-hybridized carbons (Fsp3) is 0.619. The average molecular weight is 378 g/mol. The largest absolute Gasteiger partial charge is 0.312 e. The van der Waals surface area contributed by atoms with Crippen molar-refractivity contribution in [1.82, 2.24) is 0 Å². The van der Waals surface area contributed by atoms with Gasteiger partial charge in [0.15, 0.2) is 0 Å². The smallest absolute Gasteiger partial charge is 0.230 e. The molecule has 1 aliphatic carbocycles. The molecule has 1 aliphatic rings. The predicted molar refractivity (Wildman–Crippen MR) is 108 cm³/mol. The summed E-state index contributed by atoms with van der Waals surface area (Å²) in [6.07, 6.45) is 6.49. The number of para-hydroxylation sites is 1. The maximum atomic E-state index is 13.3. The van der Waals surface area contributed by atoms with Crippen LogP contribution in [0, 0.1) is 11.8 Å². The van der Waals surface area contributed by atoms with Gasteiger partial charge in [0.25, 0.3) is 0 Å². The van der Waals surface area contributed by atoms with Crippen LogP contribution in [0.1, 0.15) is 64.9 Å². The highest BCUT2D eigenvalue weighted by Gasteiger charge is 2.28. The molecule has 0 bridgehead atoms. The summed E-state index contributed by atoms with van der Waals surface area (Å²) in [4.78, 5) is 26.4. The average Bonchev–Trinajstić information content (AvgIpc) is 2.63. The normalized spacial score (nSPS) is 15.2. The van der Waals surface area contributed by atoms with Crippen LogP contribution < -0.4 is 4.90 Å². The van der Waals surface area contributed by atoms with Crippen molar-refractivity contribution in [3.05, 3.63) is 29.8 Å². The van der Waals surface area contributed by atoms with Crippen LogP contribution in [-0.4, -0.2) is 17.6 Å². The van der Waals surface area contributed by atoms with Crippen molar-refractivity contribution in [3.63, 3.8) is 0 Å². The minimum absolute atomic E-state index is 0.0718. The Hall–Kier alpha value is -1.33. The van der Waals surface area contributed by atoms with Crippen molar-refractivity contribution in [3.8, 4) is 0 Å². The van der Waals surface area contributed by atoms with Gasteiger partial charge < -0.3 is 9.08 Å². The van der Waals surface area contributed by atoms with E-state index >= 15 is 0 Å². The van der Waals surface area contributed by atoms with E-state index in [2.05, 4.69) is 13.8 Å². The first-order chi connectivity index (χ1) is 12.5. The van der Waals surface area contributed by atoms with Gasteiger partial charge in [0.05, 0.1) is 18.6 Å². The van der Waals surface area contributed by atoms with E-state index in [1.165, 1.54) is 13.3 Å². The van der Waals surface area contributed by atoms with Gasteiger partial charge in [-0.05, 0) is 31.2 Å². The Morgan fingerprint density at radius 1 is 1.19 bits per heavy atom. The lowest BCUT2D eigenvalue weighted by Crippen LogP contribution is -2.38. The third-order valence-corrected chi connectivity index (χ3v) is 5.29. The van der Waals surface area contributed by atoms with Crippen LogP contribution in [0.3, 0.4) is 0 Å². The van der Waals surface area contributed by atoms with Crippen LogP contribution in [0.5, 0.6) is 0 Å². The van der Waals surface area contributed by atoms with Gasteiger partial charge in [0, 0.05) is 30.6 Å². The monoisotopic (exact) mass is 377 g/mol. The highest BCUT2D eigenvalue weighted by molar-refractivity contribution is 8.09. The number of rotatable bonds is 8. The van der Waals surface area contributed by atoms with E-state index < -0.39 is 0 Å². The highest BCUT2D eigenvalue weighted by Crippen LogP contribution is 2.30. The van der Waals surface area contributed by atoms with Gasteiger partial charge in [-0.1, -0.05) is 51.3 Å². The second-order valence-corrected chi connectivity index (χ2v) is 8.45. The van der Waals surface area contributed by atoms with E-state index in [0.29, 0.717) is 12.5 Å². The first kappa shape index (κ1) is 21.0. The minimum Gasteiger partial charge on any atom is -0.312 e. The molecule has 0 aromatic heterocycles. The van der Waals surface area contributed by atoms with Crippen molar-refractivity contribution in [2.24, 2.45) is 11.8 Å². The van der Waals surface area contributed by atoms with Crippen LogP contribution in [0.15, 0.2) is 24.3 Å². The van der Waals surface area contributed by atoms with Crippen molar-refractivity contribution in [1.29, 1.82) is 0 Å². The molecule has 1 saturated carbocycles. The molecule has 5 heteroatoms. The van der Waals surface area contributed by atoms with Crippen LogP contribution in [0.4, 0.5) is 5.69 Å². The van der Waals surface area contributed by atoms with Crippen molar-refractivity contribution in [2.75, 3.05) is 11.4 Å². The van der Waals surface area contributed by atoms with Crippen molar-refractivity contribution >= 4 is 28.8 Å². The zero-order valence-electron chi connectivity index (χ0n) is 16.2. The lowest BCUT2D eigenvalue weighted by atomic mass is 9.88. The topological polar surface area (TPSA) is 46.6 Å². The maximum absolute atomic E-state index is 13.3. The quantitative estimate of drug-likeness (QED) is 0.572. The molecule has 0 spiro atoms. The molecule has 0 aliphatic heterocycles. The van der Waals surface area contributed by atoms with Gasteiger partial charge in [-0.15, -0.1) is 0 Å². The molecule has 4 nitrogen and oxygen atoms in total. The number of hydrogen-bond acceptors (Lipinski definition) is 4. The van der Waals surface area contributed by atoms with Crippen molar-refractivity contribution in [2.45, 2.75) is 65.9 Å². The van der Waals surface area contributed by atoms with Gasteiger partial charge in [0.2, 0.25) is 11.0 Å². The molecule has 1 fully saturated rings.